The third kappa shape index (κ3) is 1.33. The molecule has 0 aliphatic carbocycles. The van der Waals surface area contributed by atoms with E-state index < -0.39 is 0 Å². The lowest BCUT2D eigenvalue weighted by Crippen LogP contribution is -1.86. The maximum Gasteiger partial charge on any atom is 0.0708 e. The summed E-state index contributed by atoms with van der Waals surface area (Å²) < 4.78 is 0. The van der Waals surface area contributed by atoms with Crippen molar-refractivity contribution in [3.8, 4) is 11.1 Å². The van der Waals surface area contributed by atoms with E-state index in [0.29, 0.717) is 0 Å². The Hall–Kier alpha value is -2.02. The topological polar surface area (TPSA) is 14.1 Å². The Morgan fingerprint density at radius 1 is 0.733 bits per heavy atom. The van der Waals surface area contributed by atoms with E-state index in [9.17, 15) is 0 Å². The fraction of sp³-hybridized carbons (Fsp3) is 0. The lowest BCUT2D eigenvalue weighted by atomic mass is 9.99. The highest BCUT2D eigenvalue weighted by Crippen LogP contribution is 2.33. The molecule has 0 atom stereocenters. The molecule has 71 valence electrons. The summed E-state index contributed by atoms with van der Waals surface area (Å²) in [6.07, 6.45) is 3.92. The minimum atomic E-state index is 1.04. The molecule has 1 radical (unpaired) electrons. The second-order valence-corrected chi connectivity index (χ2v) is 3.55. The van der Waals surface area contributed by atoms with Gasteiger partial charge in [0.15, 0.2) is 0 Å². The molecule has 0 amide bonds. The molecule has 0 saturated carbocycles. The first kappa shape index (κ1) is 8.30. The van der Waals surface area contributed by atoms with Crippen LogP contribution in [0.1, 0.15) is 5.56 Å². The van der Waals surface area contributed by atoms with Crippen molar-refractivity contribution in [3.63, 3.8) is 0 Å². The van der Waals surface area contributed by atoms with Crippen LogP contribution >= 0.6 is 0 Å². The number of para-hydroxylation sites is 1. The van der Waals surface area contributed by atoms with Gasteiger partial charge in [0.2, 0.25) is 0 Å². The van der Waals surface area contributed by atoms with Gasteiger partial charge >= 0.3 is 0 Å². The third-order valence-electron chi connectivity index (χ3n) is 2.62. The summed E-state index contributed by atoms with van der Waals surface area (Å²) in [4.78, 5) is 0. The van der Waals surface area contributed by atoms with Crippen molar-refractivity contribution < 1.29 is 0 Å². The second kappa shape index (κ2) is 3.28. The van der Waals surface area contributed by atoms with Gasteiger partial charge in [-0.05, 0) is 23.3 Å². The summed E-state index contributed by atoms with van der Waals surface area (Å²) >= 11 is 0. The summed E-state index contributed by atoms with van der Waals surface area (Å²) in [6, 6.07) is 16.6. The van der Waals surface area contributed by atoms with Crippen LogP contribution in [0.5, 0.6) is 0 Å². The maximum atomic E-state index is 4.42. The van der Waals surface area contributed by atoms with Gasteiger partial charge in [0, 0.05) is 11.8 Å². The number of rotatable bonds is 0. The van der Waals surface area contributed by atoms with Crippen LogP contribution in [-0.4, -0.2) is 0 Å². The van der Waals surface area contributed by atoms with Crippen LogP contribution in [0.2, 0.25) is 0 Å². The monoisotopic (exact) mass is 192 g/mol. The van der Waals surface area contributed by atoms with Crippen LogP contribution in [0.15, 0.2) is 54.7 Å². The molecule has 0 spiro atoms. The van der Waals surface area contributed by atoms with Gasteiger partial charge < -0.3 is 0 Å². The van der Waals surface area contributed by atoms with Crippen molar-refractivity contribution in [2.45, 2.75) is 0 Å². The molecule has 2 aromatic rings. The number of nitrogens with zero attached hydrogens (tertiary/aromatic N) is 1. The Morgan fingerprint density at radius 3 is 2.40 bits per heavy atom. The molecule has 15 heavy (non-hydrogen) atoms. The van der Waals surface area contributed by atoms with Crippen molar-refractivity contribution in [2.75, 3.05) is 0 Å². The van der Waals surface area contributed by atoms with E-state index in [4.69, 9.17) is 0 Å². The van der Waals surface area contributed by atoms with E-state index in [0.717, 1.165) is 5.69 Å². The largest absolute Gasteiger partial charge is 0.256 e. The molecule has 0 N–H and O–H groups in total. The van der Waals surface area contributed by atoms with Crippen LogP contribution < -0.4 is 5.32 Å². The number of fused-ring (bicyclic) bond motifs is 3. The molecule has 0 unspecified atom stereocenters. The van der Waals surface area contributed by atoms with Gasteiger partial charge in [0.1, 0.15) is 0 Å². The molecule has 1 heterocycles. The molecule has 3 rings (SSSR count). The Bertz CT molecular complexity index is 526. The Kier molecular flexibility index (Phi) is 1.82. The van der Waals surface area contributed by atoms with E-state index in [1.54, 1.807) is 0 Å². The highest BCUT2D eigenvalue weighted by Gasteiger charge is 2.09. The van der Waals surface area contributed by atoms with Crippen molar-refractivity contribution in [3.05, 3.63) is 60.3 Å². The number of benzene rings is 2. The zero-order valence-electron chi connectivity index (χ0n) is 8.22. The summed E-state index contributed by atoms with van der Waals surface area (Å²) in [7, 11) is 0. The Balaban J connectivity index is 2.33. The van der Waals surface area contributed by atoms with Gasteiger partial charge in [-0.1, -0.05) is 42.5 Å². The quantitative estimate of drug-likeness (QED) is 0.605. The molecule has 0 aromatic heterocycles. The Morgan fingerprint density at radius 2 is 1.47 bits per heavy atom. The number of hydrogen-bond acceptors (Lipinski definition) is 0. The van der Waals surface area contributed by atoms with Crippen molar-refractivity contribution in [2.24, 2.45) is 0 Å². The van der Waals surface area contributed by atoms with E-state index in [1.807, 2.05) is 18.3 Å². The Labute approximate surface area is 89.1 Å². The minimum absolute atomic E-state index is 1.04. The summed E-state index contributed by atoms with van der Waals surface area (Å²) in [5.41, 5.74) is 4.73. The van der Waals surface area contributed by atoms with Gasteiger partial charge in [0.05, 0.1) is 5.69 Å². The molecule has 0 saturated heterocycles. The molecule has 1 nitrogen and oxygen atoms in total. The second-order valence-electron chi connectivity index (χ2n) is 3.55. The van der Waals surface area contributed by atoms with E-state index in [1.165, 1.54) is 16.7 Å². The van der Waals surface area contributed by atoms with Crippen LogP contribution in [0, 0.1) is 0 Å². The lowest BCUT2D eigenvalue weighted by Gasteiger charge is -2.06. The fourth-order valence-electron chi connectivity index (χ4n) is 1.90. The standard InChI is InChI=1S/C14H10N/c1-2-6-12-11(5-1)9-10-15-14-8-4-3-7-13(12)14/h1-10H. The average Bonchev–Trinajstić information content (AvgIpc) is 2.48. The predicted octanol–water partition coefficient (Wildman–Crippen LogP) is 3.57. The normalized spacial score (nSPS) is 12.3. The van der Waals surface area contributed by atoms with E-state index in [-0.39, 0.29) is 0 Å². The molecule has 1 heteroatoms. The molecule has 0 fully saturated rings. The third-order valence-corrected chi connectivity index (χ3v) is 2.62. The SMILES string of the molecule is C1=Cc2ccccc2-c2ccccc2[N]1. The summed E-state index contributed by atoms with van der Waals surface area (Å²) in [6.45, 7) is 0. The van der Waals surface area contributed by atoms with Crippen LogP contribution in [0.3, 0.4) is 0 Å². The maximum absolute atomic E-state index is 4.42. The minimum Gasteiger partial charge on any atom is -0.256 e. The summed E-state index contributed by atoms with van der Waals surface area (Å²) in [5, 5.41) is 4.42. The molecular formula is C14H10N. The molecule has 2 aromatic carbocycles. The van der Waals surface area contributed by atoms with Crippen molar-refractivity contribution >= 4 is 11.8 Å². The van der Waals surface area contributed by atoms with Gasteiger partial charge in [-0.3, -0.25) is 5.32 Å². The highest BCUT2D eigenvalue weighted by atomic mass is 14.8. The first-order valence-electron chi connectivity index (χ1n) is 5.01. The molecule has 1 aliphatic heterocycles. The van der Waals surface area contributed by atoms with Crippen LogP contribution in [0.25, 0.3) is 17.2 Å². The van der Waals surface area contributed by atoms with Crippen molar-refractivity contribution in [1.29, 1.82) is 0 Å². The predicted molar refractivity (Wildman–Crippen MR) is 62.7 cm³/mol. The zero-order valence-corrected chi connectivity index (χ0v) is 8.22. The zero-order chi connectivity index (χ0) is 10.1. The number of hydrogen-bond donors (Lipinski definition) is 0. The van der Waals surface area contributed by atoms with E-state index in [2.05, 4.69) is 47.8 Å². The van der Waals surface area contributed by atoms with Gasteiger partial charge in [-0.25, -0.2) is 0 Å². The van der Waals surface area contributed by atoms with Gasteiger partial charge in [-0.15, -0.1) is 0 Å². The smallest absolute Gasteiger partial charge is 0.0708 e. The van der Waals surface area contributed by atoms with Gasteiger partial charge in [0.25, 0.3) is 0 Å². The first-order valence-corrected chi connectivity index (χ1v) is 5.01. The molecule has 1 aliphatic rings. The molecular weight excluding hydrogens is 182 g/mol. The first-order chi connectivity index (χ1) is 7.45. The van der Waals surface area contributed by atoms with Gasteiger partial charge in [-0.2, -0.15) is 0 Å². The highest BCUT2D eigenvalue weighted by molar-refractivity contribution is 5.84. The molecule has 0 bridgehead atoms. The van der Waals surface area contributed by atoms with E-state index >= 15 is 0 Å². The van der Waals surface area contributed by atoms with Crippen molar-refractivity contribution in [1.82, 2.24) is 5.32 Å². The lowest BCUT2D eigenvalue weighted by molar-refractivity contribution is 1.20. The average molecular weight is 192 g/mol. The summed E-state index contributed by atoms with van der Waals surface area (Å²) in [5.74, 6) is 0. The van der Waals surface area contributed by atoms with Crippen LogP contribution in [-0.2, 0) is 0 Å². The fourth-order valence-corrected chi connectivity index (χ4v) is 1.90. The van der Waals surface area contributed by atoms with Crippen LogP contribution in [0.4, 0.5) is 5.69 Å².